The largest absolute Gasteiger partial charge is 0.497 e. The Bertz CT molecular complexity index is 543. The van der Waals surface area contributed by atoms with Crippen molar-refractivity contribution in [3.63, 3.8) is 0 Å². The molecule has 1 heterocycles. The second kappa shape index (κ2) is 10.00. The number of nitrogens with zero attached hydrogens (tertiary/aromatic N) is 1. The van der Waals surface area contributed by atoms with Gasteiger partial charge in [-0.2, -0.15) is 0 Å². The Balaban J connectivity index is 0.00000225. The number of likely N-dealkylation sites (tertiary alicyclic amines) is 1. The SMILES string of the molecule is COc1cccc(CNC(=O)CN2CCC(NCC3CC3)CC2)c1.Cl. The summed E-state index contributed by atoms with van der Waals surface area (Å²) in [6.45, 7) is 4.25. The summed E-state index contributed by atoms with van der Waals surface area (Å²) in [7, 11) is 1.65. The van der Waals surface area contributed by atoms with Crippen LogP contribution in [0.2, 0.25) is 0 Å². The number of halogens is 1. The van der Waals surface area contributed by atoms with Gasteiger partial charge in [0, 0.05) is 25.7 Å². The number of ether oxygens (including phenoxy) is 1. The summed E-state index contributed by atoms with van der Waals surface area (Å²) in [5.41, 5.74) is 1.06. The Morgan fingerprint density at radius 1 is 1.24 bits per heavy atom. The van der Waals surface area contributed by atoms with Crippen LogP contribution in [0.4, 0.5) is 0 Å². The molecule has 0 unspecified atom stereocenters. The second-order valence-corrected chi connectivity index (χ2v) is 7.03. The molecule has 0 atom stereocenters. The van der Waals surface area contributed by atoms with Crippen molar-refractivity contribution in [1.29, 1.82) is 0 Å². The predicted octanol–water partition coefficient (Wildman–Crippen LogP) is 2.20. The van der Waals surface area contributed by atoms with Crippen LogP contribution in [0.15, 0.2) is 24.3 Å². The van der Waals surface area contributed by atoms with Crippen molar-refractivity contribution in [2.24, 2.45) is 5.92 Å². The molecule has 25 heavy (non-hydrogen) atoms. The highest BCUT2D eigenvalue weighted by Gasteiger charge is 2.24. The number of rotatable bonds is 8. The second-order valence-electron chi connectivity index (χ2n) is 7.03. The zero-order valence-electron chi connectivity index (χ0n) is 15.0. The van der Waals surface area contributed by atoms with E-state index in [0.717, 1.165) is 43.2 Å². The van der Waals surface area contributed by atoms with E-state index in [1.165, 1.54) is 19.4 Å². The van der Waals surface area contributed by atoms with Gasteiger partial charge in [0.15, 0.2) is 0 Å². The molecule has 3 rings (SSSR count). The molecule has 1 aliphatic heterocycles. The summed E-state index contributed by atoms with van der Waals surface area (Å²) in [5, 5.41) is 6.68. The molecule has 0 aromatic heterocycles. The molecule has 1 saturated heterocycles. The van der Waals surface area contributed by atoms with E-state index in [1.54, 1.807) is 7.11 Å². The molecule has 0 spiro atoms. The number of hydrogen-bond donors (Lipinski definition) is 2. The monoisotopic (exact) mass is 367 g/mol. The first-order valence-corrected chi connectivity index (χ1v) is 9.08. The van der Waals surface area contributed by atoms with Crippen LogP contribution in [0.1, 0.15) is 31.2 Å². The fourth-order valence-electron chi connectivity index (χ4n) is 3.19. The van der Waals surface area contributed by atoms with Crippen LogP contribution in [-0.4, -0.2) is 50.1 Å². The summed E-state index contributed by atoms with van der Waals surface area (Å²) < 4.78 is 5.20. The van der Waals surface area contributed by atoms with Gasteiger partial charge in [-0.15, -0.1) is 12.4 Å². The van der Waals surface area contributed by atoms with Gasteiger partial charge in [-0.25, -0.2) is 0 Å². The van der Waals surface area contributed by atoms with E-state index in [-0.39, 0.29) is 18.3 Å². The molecule has 1 amide bonds. The van der Waals surface area contributed by atoms with Gasteiger partial charge in [0.05, 0.1) is 13.7 Å². The van der Waals surface area contributed by atoms with E-state index in [4.69, 9.17) is 4.74 Å². The van der Waals surface area contributed by atoms with Crippen LogP contribution in [0.5, 0.6) is 5.75 Å². The quantitative estimate of drug-likeness (QED) is 0.739. The van der Waals surface area contributed by atoms with Gasteiger partial charge in [0.1, 0.15) is 5.75 Å². The number of amides is 1. The van der Waals surface area contributed by atoms with Crippen molar-refractivity contribution in [2.75, 3.05) is 33.3 Å². The number of nitrogens with one attached hydrogen (secondary N) is 2. The summed E-state index contributed by atoms with van der Waals surface area (Å²) in [4.78, 5) is 14.4. The Kier molecular flexibility index (Phi) is 8.00. The van der Waals surface area contributed by atoms with E-state index in [0.29, 0.717) is 19.1 Å². The molecule has 1 aromatic carbocycles. The van der Waals surface area contributed by atoms with Gasteiger partial charge in [-0.3, -0.25) is 9.69 Å². The summed E-state index contributed by atoms with van der Waals surface area (Å²) in [5.74, 6) is 1.86. The van der Waals surface area contributed by atoms with Crippen LogP contribution in [0, 0.1) is 5.92 Å². The minimum atomic E-state index is 0. The molecule has 140 valence electrons. The van der Waals surface area contributed by atoms with Crippen molar-refractivity contribution in [3.8, 4) is 5.75 Å². The molecule has 0 bridgehead atoms. The number of carbonyl (C=O) groups is 1. The van der Waals surface area contributed by atoms with Crippen LogP contribution in [0.3, 0.4) is 0 Å². The van der Waals surface area contributed by atoms with E-state index in [1.807, 2.05) is 24.3 Å². The molecular weight excluding hydrogens is 338 g/mol. The van der Waals surface area contributed by atoms with Gasteiger partial charge in [0.25, 0.3) is 0 Å². The molecule has 2 aliphatic rings. The van der Waals surface area contributed by atoms with Gasteiger partial charge in [-0.1, -0.05) is 12.1 Å². The molecule has 1 saturated carbocycles. The van der Waals surface area contributed by atoms with Gasteiger partial charge in [-0.05, 0) is 55.8 Å². The third-order valence-electron chi connectivity index (χ3n) is 4.97. The number of methoxy groups -OCH3 is 1. The maximum absolute atomic E-state index is 12.1. The lowest BCUT2D eigenvalue weighted by molar-refractivity contribution is -0.122. The highest BCUT2D eigenvalue weighted by Crippen LogP contribution is 2.28. The van der Waals surface area contributed by atoms with Crippen molar-refractivity contribution in [1.82, 2.24) is 15.5 Å². The Hall–Kier alpha value is -1.30. The number of piperidine rings is 1. The van der Waals surface area contributed by atoms with Crippen LogP contribution in [0.25, 0.3) is 0 Å². The van der Waals surface area contributed by atoms with E-state index in [2.05, 4.69) is 15.5 Å². The third kappa shape index (κ3) is 6.84. The molecule has 2 N–H and O–H groups in total. The number of hydrogen-bond acceptors (Lipinski definition) is 4. The lowest BCUT2D eigenvalue weighted by Crippen LogP contribution is -2.46. The van der Waals surface area contributed by atoms with Crippen LogP contribution < -0.4 is 15.4 Å². The normalized spacial score (nSPS) is 18.4. The van der Waals surface area contributed by atoms with Gasteiger partial charge < -0.3 is 15.4 Å². The highest BCUT2D eigenvalue weighted by molar-refractivity contribution is 5.85. The number of carbonyl (C=O) groups excluding carboxylic acids is 1. The lowest BCUT2D eigenvalue weighted by atomic mass is 10.0. The number of benzene rings is 1. The van der Waals surface area contributed by atoms with Crippen molar-refractivity contribution in [3.05, 3.63) is 29.8 Å². The predicted molar refractivity (Wildman–Crippen MR) is 102 cm³/mol. The van der Waals surface area contributed by atoms with Crippen molar-refractivity contribution < 1.29 is 9.53 Å². The molecule has 1 aliphatic carbocycles. The maximum atomic E-state index is 12.1. The minimum absolute atomic E-state index is 0. The summed E-state index contributed by atoms with van der Waals surface area (Å²) in [6, 6.07) is 8.45. The Morgan fingerprint density at radius 2 is 2.00 bits per heavy atom. The average molecular weight is 368 g/mol. The lowest BCUT2D eigenvalue weighted by Gasteiger charge is -2.32. The Morgan fingerprint density at radius 3 is 2.68 bits per heavy atom. The topological polar surface area (TPSA) is 53.6 Å². The highest BCUT2D eigenvalue weighted by atomic mass is 35.5. The molecule has 5 nitrogen and oxygen atoms in total. The zero-order valence-corrected chi connectivity index (χ0v) is 15.8. The molecule has 0 radical (unpaired) electrons. The molecule has 1 aromatic rings. The first-order chi connectivity index (χ1) is 11.7. The molecule has 6 heteroatoms. The standard InChI is InChI=1S/C19H29N3O2.ClH/c1-24-18-4-2-3-16(11-18)13-21-19(23)14-22-9-7-17(8-10-22)20-12-15-5-6-15;/h2-4,11,15,17,20H,5-10,12-14H2,1H3,(H,21,23);1H. The zero-order chi connectivity index (χ0) is 16.8. The van der Waals surface area contributed by atoms with Crippen molar-refractivity contribution in [2.45, 2.75) is 38.3 Å². The maximum Gasteiger partial charge on any atom is 0.234 e. The molecule has 2 fully saturated rings. The van der Waals surface area contributed by atoms with Crippen LogP contribution >= 0.6 is 12.4 Å². The average Bonchev–Trinajstić information content (AvgIpc) is 3.44. The smallest absolute Gasteiger partial charge is 0.234 e. The van der Waals surface area contributed by atoms with E-state index < -0.39 is 0 Å². The van der Waals surface area contributed by atoms with Crippen LogP contribution in [-0.2, 0) is 11.3 Å². The fourth-order valence-corrected chi connectivity index (χ4v) is 3.19. The first-order valence-electron chi connectivity index (χ1n) is 9.08. The first kappa shape index (κ1) is 20.0. The summed E-state index contributed by atoms with van der Waals surface area (Å²) >= 11 is 0. The Labute approximate surface area is 156 Å². The van der Waals surface area contributed by atoms with Crippen molar-refractivity contribution >= 4 is 18.3 Å². The minimum Gasteiger partial charge on any atom is -0.497 e. The summed E-state index contributed by atoms with van der Waals surface area (Å²) in [6.07, 6.45) is 5.10. The molecular formula is C19H30ClN3O2. The fraction of sp³-hybridized carbons (Fsp3) is 0.632. The third-order valence-corrected chi connectivity index (χ3v) is 4.97. The van der Waals surface area contributed by atoms with Gasteiger partial charge in [0.2, 0.25) is 5.91 Å². The van der Waals surface area contributed by atoms with E-state index in [9.17, 15) is 4.79 Å². The van der Waals surface area contributed by atoms with Gasteiger partial charge >= 0.3 is 0 Å². The van der Waals surface area contributed by atoms with E-state index >= 15 is 0 Å².